The van der Waals surface area contributed by atoms with Crippen LogP contribution in [-0.2, 0) is 0 Å². The van der Waals surface area contributed by atoms with Crippen molar-refractivity contribution in [2.24, 2.45) is 0 Å². The summed E-state index contributed by atoms with van der Waals surface area (Å²) in [7, 11) is 1.61. The van der Waals surface area contributed by atoms with E-state index < -0.39 is 5.76 Å². The zero-order valence-corrected chi connectivity index (χ0v) is 15.1. The Balaban J connectivity index is 1.67. The number of nitrogens with one attached hydrogen (secondary N) is 2. The van der Waals surface area contributed by atoms with Crippen molar-refractivity contribution in [2.45, 2.75) is 10.7 Å². The Morgan fingerprint density at radius 3 is 2.32 bits per heavy atom. The monoisotopic (exact) mass is 384 g/mol. The number of rotatable bonds is 8. The van der Waals surface area contributed by atoms with E-state index in [4.69, 9.17) is 21.7 Å². The first-order valence-electron chi connectivity index (χ1n) is 7.43. The molecule has 0 fully saturated rings. The van der Waals surface area contributed by atoms with E-state index in [1.807, 2.05) is 24.3 Å². The fourth-order valence-electron chi connectivity index (χ4n) is 1.90. The second-order valence-electron chi connectivity index (χ2n) is 4.81. The maximum absolute atomic E-state index is 12.3. The first kappa shape index (κ1) is 19.3. The lowest BCUT2D eigenvalue weighted by atomic mass is 10.3. The molecular formula is C17H18F2N2O2S2. The highest BCUT2D eigenvalue weighted by Crippen LogP contribution is 2.26. The molecule has 0 radical (unpaired) electrons. The zero-order chi connectivity index (χ0) is 18.1. The molecule has 0 spiro atoms. The maximum Gasteiger partial charge on any atom is 0.288 e. The fourth-order valence-corrected chi connectivity index (χ4v) is 2.62. The first-order valence-corrected chi connectivity index (χ1v) is 8.72. The van der Waals surface area contributed by atoms with E-state index in [0.717, 1.165) is 17.2 Å². The minimum absolute atomic E-state index is 0.438. The normalized spacial score (nSPS) is 10.4. The summed E-state index contributed by atoms with van der Waals surface area (Å²) < 4.78 is 35.2. The molecule has 0 bridgehead atoms. The average Bonchev–Trinajstić information content (AvgIpc) is 2.60. The van der Waals surface area contributed by atoms with Crippen LogP contribution in [0.3, 0.4) is 0 Å². The fraction of sp³-hybridized carbons (Fsp3) is 0.235. The van der Waals surface area contributed by atoms with E-state index in [2.05, 4.69) is 10.6 Å². The first-order chi connectivity index (χ1) is 12.1. The summed E-state index contributed by atoms with van der Waals surface area (Å²) in [6.07, 6.45) is 0. The molecule has 25 heavy (non-hydrogen) atoms. The number of methoxy groups -OCH3 is 1. The molecule has 0 aliphatic carbocycles. The van der Waals surface area contributed by atoms with Crippen LogP contribution in [0.25, 0.3) is 0 Å². The van der Waals surface area contributed by atoms with Crippen molar-refractivity contribution < 1.29 is 18.3 Å². The lowest BCUT2D eigenvalue weighted by Gasteiger charge is -2.12. The van der Waals surface area contributed by atoms with Gasteiger partial charge in [-0.05, 0) is 60.7 Å². The zero-order valence-electron chi connectivity index (χ0n) is 13.5. The minimum atomic E-state index is -2.42. The van der Waals surface area contributed by atoms with Crippen LogP contribution in [0, 0.1) is 0 Å². The number of anilines is 1. The highest BCUT2D eigenvalue weighted by Gasteiger charge is 2.05. The highest BCUT2D eigenvalue weighted by atomic mass is 32.2. The van der Waals surface area contributed by atoms with E-state index in [-0.39, 0.29) is 0 Å². The Kier molecular flexibility index (Phi) is 7.75. The number of thioether (sulfide) groups is 1. The van der Waals surface area contributed by atoms with Crippen molar-refractivity contribution >= 4 is 34.8 Å². The third-order valence-electron chi connectivity index (χ3n) is 3.05. The van der Waals surface area contributed by atoms with Gasteiger partial charge in [0.1, 0.15) is 18.1 Å². The Hall–Kier alpha value is -2.06. The Bertz CT molecular complexity index is 667. The van der Waals surface area contributed by atoms with Crippen LogP contribution in [-0.4, -0.2) is 31.1 Å². The van der Waals surface area contributed by atoms with Crippen molar-refractivity contribution in [2.75, 3.05) is 25.6 Å². The van der Waals surface area contributed by atoms with Gasteiger partial charge < -0.3 is 20.1 Å². The lowest BCUT2D eigenvalue weighted by Crippen LogP contribution is -2.31. The molecule has 4 nitrogen and oxygen atoms in total. The predicted molar refractivity (Wildman–Crippen MR) is 101 cm³/mol. The van der Waals surface area contributed by atoms with Crippen LogP contribution in [0.4, 0.5) is 14.5 Å². The topological polar surface area (TPSA) is 42.5 Å². The van der Waals surface area contributed by atoms with Crippen LogP contribution < -0.4 is 20.1 Å². The molecule has 0 aliphatic rings. The average molecular weight is 384 g/mol. The van der Waals surface area contributed by atoms with Gasteiger partial charge in [0.25, 0.3) is 5.76 Å². The number of ether oxygens (including phenoxy) is 2. The van der Waals surface area contributed by atoms with E-state index >= 15 is 0 Å². The van der Waals surface area contributed by atoms with Gasteiger partial charge in [-0.2, -0.15) is 8.78 Å². The summed E-state index contributed by atoms with van der Waals surface area (Å²) in [5.74, 6) is -0.908. The molecule has 8 heteroatoms. The standard InChI is InChI=1S/C17H18F2N2O2S2/c1-22-13-4-6-14(7-5-13)23-11-10-20-17(24)21-12-2-8-15(9-3-12)25-16(18)19/h2-9,16H,10-11H2,1H3,(H2,20,21,24). The van der Waals surface area contributed by atoms with Gasteiger partial charge in [0, 0.05) is 10.6 Å². The molecule has 0 heterocycles. The van der Waals surface area contributed by atoms with Crippen molar-refractivity contribution in [3.8, 4) is 11.5 Å². The molecule has 134 valence electrons. The second-order valence-corrected chi connectivity index (χ2v) is 6.28. The molecule has 2 rings (SSSR count). The summed E-state index contributed by atoms with van der Waals surface area (Å²) in [5.41, 5.74) is 0.729. The molecule has 0 atom stereocenters. The molecule has 0 aromatic heterocycles. The van der Waals surface area contributed by atoms with E-state index in [1.165, 1.54) is 0 Å². The van der Waals surface area contributed by atoms with Crippen LogP contribution >= 0.6 is 24.0 Å². The molecule has 0 amide bonds. The van der Waals surface area contributed by atoms with Gasteiger partial charge in [0.2, 0.25) is 0 Å². The number of thiocarbonyl (C=S) groups is 1. The van der Waals surface area contributed by atoms with Gasteiger partial charge in [-0.25, -0.2) is 0 Å². The van der Waals surface area contributed by atoms with Gasteiger partial charge >= 0.3 is 0 Å². The van der Waals surface area contributed by atoms with E-state index in [9.17, 15) is 8.78 Å². The van der Waals surface area contributed by atoms with Crippen LogP contribution in [0.15, 0.2) is 53.4 Å². The van der Waals surface area contributed by atoms with Crippen LogP contribution in [0.2, 0.25) is 0 Å². The third-order valence-corrected chi connectivity index (χ3v) is 4.02. The van der Waals surface area contributed by atoms with Gasteiger partial charge in [0.05, 0.1) is 13.7 Å². The Morgan fingerprint density at radius 1 is 1.08 bits per heavy atom. The Morgan fingerprint density at radius 2 is 1.72 bits per heavy atom. The smallest absolute Gasteiger partial charge is 0.288 e. The Labute approximate surface area is 154 Å². The number of halogens is 2. The van der Waals surface area contributed by atoms with Gasteiger partial charge in [-0.1, -0.05) is 11.8 Å². The highest BCUT2D eigenvalue weighted by molar-refractivity contribution is 7.99. The summed E-state index contributed by atoms with van der Waals surface area (Å²) >= 11 is 5.69. The van der Waals surface area contributed by atoms with E-state index in [1.54, 1.807) is 31.4 Å². The summed E-state index contributed by atoms with van der Waals surface area (Å²) in [6, 6.07) is 13.9. The summed E-state index contributed by atoms with van der Waals surface area (Å²) in [4.78, 5) is 0.507. The van der Waals surface area contributed by atoms with Gasteiger partial charge in [-0.15, -0.1) is 0 Å². The SMILES string of the molecule is COc1ccc(OCCNC(=S)Nc2ccc(SC(F)F)cc2)cc1. The molecule has 2 aromatic rings. The lowest BCUT2D eigenvalue weighted by molar-refractivity contribution is 0.252. The second kappa shape index (κ2) is 10.0. The van der Waals surface area contributed by atoms with Crippen molar-refractivity contribution in [1.29, 1.82) is 0 Å². The summed E-state index contributed by atoms with van der Waals surface area (Å²) in [6.45, 7) is 0.968. The molecule has 0 unspecified atom stereocenters. The molecule has 2 aromatic carbocycles. The molecular weight excluding hydrogens is 366 g/mol. The maximum atomic E-state index is 12.3. The minimum Gasteiger partial charge on any atom is -0.497 e. The predicted octanol–water partition coefficient (Wildman–Crippen LogP) is 4.38. The molecule has 0 saturated carbocycles. The summed E-state index contributed by atoms with van der Waals surface area (Å²) in [5, 5.41) is 6.44. The van der Waals surface area contributed by atoms with Crippen LogP contribution in [0.1, 0.15) is 0 Å². The third kappa shape index (κ3) is 7.15. The molecule has 2 N–H and O–H groups in total. The van der Waals surface area contributed by atoms with Gasteiger partial charge in [0.15, 0.2) is 5.11 Å². The molecule has 0 aliphatic heterocycles. The number of hydrogen-bond donors (Lipinski definition) is 2. The number of alkyl halides is 2. The molecule has 0 saturated heterocycles. The van der Waals surface area contributed by atoms with Gasteiger partial charge in [-0.3, -0.25) is 0 Å². The van der Waals surface area contributed by atoms with E-state index in [0.29, 0.717) is 34.9 Å². The quantitative estimate of drug-likeness (QED) is 0.400. The van der Waals surface area contributed by atoms with Crippen LogP contribution in [0.5, 0.6) is 11.5 Å². The largest absolute Gasteiger partial charge is 0.497 e. The van der Waals surface area contributed by atoms with Crippen molar-refractivity contribution in [3.05, 3.63) is 48.5 Å². The van der Waals surface area contributed by atoms with Crippen molar-refractivity contribution in [3.63, 3.8) is 0 Å². The number of benzene rings is 2. The number of hydrogen-bond acceptors (Lipinski definition) is 4. The van der Waals surface area contributed by atoms with Crippen molar-refractivity contribution in [1.82, 2.24) is 5.32 Å².